The predicted octanol–water partition coefficient (Wildman–Crippen LogP) is 3.42. The third-order valence-electron chi connectivity index (χ3n) is 2.31. The Bertz CT molecular complexity index is 636. The lowest BCUT2D eigenvalue weighted by atomic mass is 10.3. The first-order valence-electron chi connectivity index (χ1n) is 6.70. The highest BCUT2D eigenvalue weighted by Crippen LogP contribution is 2.27. The highest BCUT2D eigenvalue weighted by molar-refractivity contribution is 7.13. The Hall–Kier alpha value is -2.03. The van der Waals surface area contributed by atoms with Gasteiger partial charge >= 0.3 is 0 Å². The number of nitrogens with zero attached hydrogens (tertiary/aromatic N) is 1. The zero-order chi connectivity index (χ0) is 15.2. The molecule has 1 atom stereocenters. The van der Waals surface area contributed by atoms with Crippen molar-refractivity contribution in [1.29, 1.82) is 0 Å². The SMILES string of the molecule is CC(N)C#Cc1cnc(Oc2ccc(OC(C)C)cc2)s1. The Morgan fingerprint density at radius 3 is 2.43 bits per heavy atom. The van der Waals surface area contributed by atoms with Crippen LogP contribution in [0.15, 0.2) is 30.5 Å². The minimum atomic E-state index is -0.148. The van der Waals surface area contributed by atoms with E-state index in [1.54, 1.807) is 6.20 Å². The maximum atomic E-state index is 5.68. The molecule has 0 aliphatic heterocycles. The van der Waals surface area contributed by atoms with E-state index >= 15 is 0 Å². The Labute approximate surface area is 128 Å². The first-order valence-corrected chi connectivity index (χ1v) is 7.52. The van der Waals surface area contributed by atoms with E-state index in [-0.39, 0.29) is 12.1 Å². The zero-order valence-corrected chi connectivity index (χ0v) is 13.1. The van der Waals surface area contributed by atoms with Gasteiger partial charge in [0.25, 0.3) is 5.19 Å². The van der Waals surface area contributed by atoms with E-state index in [0.29, 0.717) is 10.9 Å². The third-order valence-corrected chi connectivity index (χ3v) is 3.10. The monoisotopic (exact) mass is 302 g/mol. The highest BCUT2D eigenvalue weighted by Gasteiger charge is 2.04. The molecule has 0 aliphatic carbocycles. The smallest absolute Gasteiger partial charge is 0.279 e. The number of aromatic nitrogens is 1. The number of nitrogens with two attached hydrogens (primary N) is 1. The van der Waals surface area contributed by atoms with E-state index in [1.807, 2.05) is 45.0 Å². The fourth-order valence-electron chi connectivity index (χ4n) is 1.51. The second-order valence-corrected chi connectivity index (χ2v) is 5.78. The lowest BCUT2D eigenvalue weighted by Gasteiger charge is -2.09. The minimum Gasteiger partial charge on any atom is -0.491 e. The van der Waals surface area contributed by atoms with Crippen LogP contribution in [0.1, 0.15) is 25.6 Å². The maximum absolute atomic E-state index is 5.68. The molecule has 1 aromatic heterocycles. The van der Waals surface area contributed by atoms with Crippen molar-refractivity contribution in [1.82, 2.24) is 4.98 Å². The van der Waals surface area contributed by atoms with Gasteiger partial charge < -0.3 is 15.2 Å². The van der Waals surface area contributed by atoms with E-state index in [2.05, 4.69) is 16.8 Å². The van der Waals surface area contributed by atoms with Crippen LogP contribution in [0.5, 0.6) is 16.7 Å². The Morgan fingerprint density at radius 1 is 1.14 bits per heavy atom. The summed E-state index contributed by atoms with van der Waals surface area (Å²) in [4.78, 5) is 5.02. The molecule has 110 valence electrons. The van der Waals surface area contributed by atoms with Crippen LogP contribution in [-0.4, -0.2) is 17.1 Å². The third kappa shape index (κ3) is 5.10. The van der Waals surface area contributed by atoms with Gasteiger partial charge in [-0.25, -0.2) is 4.98 Å². The molecular formula is C16H18N2O2S. The van der Waals surface area contributed by atoms with Gasteiger partial charge in [0.1, 0.15) is 16.4 Å². The van der Waals surface area contributed by atoms with Crippen molar-refractivity contribution in [2.75, 3.05) is 0 Å². The topological polar surface area (TPSA) is 57.4 Å². The number of thiazole rings is 1. The van der Waals surface area contributed by atoms with Crippen LogP contribution in [0, 0.1) is 11.8 Å². The summed E-state index contributed by atoms with van der Waals surface area (Å²) < 4.78 is 11.3. The Balaban J connectivity index is 2.00. The molecular weight excluding hydrogens is 284 g/mol. The van der Waals surface area contributed by atoms with E-state index in [4.69, 9.17) is 15.2 Å². The van der Waals surface area contributed by atoms with Gasteiger partial charge in [0.15, 0.2) is 0 Å². The summed E-state index contributed by atoms with van der Waals surface area (Å²) in [5.74, 6) is 7.39. The van der Waals surface area contributed by atoms with Gasteiger partial charge in [0.05, 0.1) is 18.3 Å². The number of ether oxygens (including phenoxy) is 2. The Kier molecular flexibility index (Phi) is 5.20. The molecule has 0 amide bonds. The van der Waals surface area contributed by atoms with Crippen molar-refractivity contribution < 1.29 is 9.47 Å². The predicted molar refractivity (Wildman–Crippen MR) is 84.9 cm³/mol. The number of hydrogen-bond donors (Lipinski definition) is 1. The molecule has 0 aliphatic rings. The van der Waals surface area contributed by atoms with E-state index in [9.17, 15) is 0 Å². The molecule has 2 aromatic rings. The molecule has 0 spiro atoms. The molecule has 0 bridgehead atoms. The minimum absolute atomic E-state index is 0.148. The van der Waals surface area contributed by atoms with E-state index in [1.165, 1.54) is 11.3 Å². The van der Waals surface area contributed by atoms with Gasteiger partial charge in [-0.2, -0.15) is 0 Å². The summed E-state index contributed by atoms with van der Waals surface area (Å²) in [5.41, 5.74) is 5.59. The summed E-state index contributed by atoms with van der Waals surface area (Å²) in [5, 5.41) is 0.557. The molecule has 0 saturated heterocycles. The van der Waals surface area contributed by atoms with Crippen LogP contribution >= 0.6 is 11.3 Å². The second kappa shape index (κ2) is 7.11. The molecule has 1 unspecified atom stereocenters. The molecule has 0 saturated carbocycles. The van der Waals surface area contributed by atoms with Crippen LogP contribution in [-0.2, 0) is 0 Å². The van der Waals surface area contributed by atoms with Crippen molar-refractivity contribution in [2.45, 2.75) is 32.9 Å². The maximum Gasteiger partial charge on any atom is 0.279 e. The van der Waals surface area contributed by atoms with Crippen LogP contribution < -0.4 is 15.2 Å². The van der Waals surface area contributed by atoms with Gasteiger partial charge in [0, 0.05) is 0 Å². The molecule has 1 heterocycles. The van der Waals surface area contributed by atoms with Crippen molar-refractivity contribution in [3.63, 3.8) is 0 Å². The van der Waals surface area contributed by atoms with Crippen LogP contribution in [0.25, 0.3) is 0 Å². The molecule has 2 rings (SSSR count). The van der Waals surface area contributed by atoms with Crippen molar-refractivity contribution in [3.8, 4) is 28.5 Å². The Morgan fingerprint density at radius 2 is 1.81 bits per heavy atom. The lowest BCUT2D eigenvalue weighted by Crippen LogP contribution is -2.10. The number of rotatable bonds is 4. The summed E-state index contributed by atoms with van der Waals surface area (Å²) in [7, 11) is 0. The normalized spacial score (nSPS) is 11.7. The standard InChI is InChI=1S/C16H18N2O2S/c1-11(2)19-13-5-7-14(8-6-13)20-16-18-10-15(21-16)9-4-12(3)17/h5-8,10-12H,17H2,1-3H3. The van der Waals surface area contributed by atoms with Gasteiger partial charge in [-0.05, 0) is 45.0 Å². The highest BCUT2D eigenvalue weighted by atomic mass is 32.1. The molecule has 1 aromatic carbocycles. The summed E-state index contributed by atoms with van der Waals surface area (Å²) >= 11 is 1.39. The molecule has 21 heavy (non-hydrogen) atoms. The van der Waals surface area contributed by atoms with Crippen molar-refractivity contribution >= 4 is 11.3 Å². The summed E-state index contributed by atoms with van der Waals surface area (Å²) in [6.45, 7) is 5.82. The molecule has 2 N–H and O–H groups in total. The quantitative estimate of drug-likeness (QED) is 0.879. The average Bonchev–Trinajstić information content (AvgIpc) is 2.86. The van der Waals surface area contributed by atoms with E-state index < -0.39 is 0 Å². The summed E-state index contributed by atoms with van der Waals surface area (Å²) in [6.07, 6.45) is 1.84. The molecule has 5 heteroatoms. The number of benzene rings is 1. The van der Waals surface area contributed by atoms with Crippen molar-refractivity contribution in [3.05, 3.63) is 35.3 Å². The zero-order valence-electron chi connectivity index (χ0n) is 12.3. The largest absolute Gasteiger partial charge is 0.491 e. The lowest BCUT2D eigenvalue weighted by molar-refractivity contribution is 0.242. The first-order chi connectivity index (χ1) is 10.0. The van der Waals surface area contributed by atoms with Gasteiger partial charge in [0.2, 0.25) is 0 Å². The van der Waals surface area contributed by atoms with Crippen LogP contribution in [0.3, 0.4) is 0 Å². The van der Waals surface area contributed by atoms with Crippen molar-refractivity contribution in [2.24, 2.45) is 5.73 Å². The first kappa shape index (κ1) is 15.4. The van der Waals surface area contributed by atoms with Crippen LogP contribution in [0.4, 0.5) is 0 Å². The molecule has 4 nitrogen and oxygen atoms in total. The summed E-state index contributed by atoms with van der Waals surface area (Å²) in [6, 6.07) is 7.31. The fourth-order valence-corrected chi connectivity index (χ4v) is 2.15. The second-order valence-electron chi connectivity index (χ2n) is 4.79. The van der Waals surface area contributed by atoms with Gasteiger partial charge in [-0.15, -0.1) is 0 Å². The van der Waals surface area contributed by atoms with Gasteiger partial charge in [-0.3, -0.25) is 0 Å². The van der Waals surface area contributed by atoms with Gasteiger partial charge in [-0.1, -0.05) is 23.2 Å². The average molecular weight is 302 g/mol. The van der Waals surface area contributed by atoms with Crippen LogP contribution in [0.2, 0.25) is 0 Å². The fraction of sp³-hybridized carbons (Fsp3) is 0.312. The number of hydrogen-bond acceptors (Lipinski definition) is 5. The molecule has 0 fully saturated rings. The molecule has 0 radical (unpaired) electrons. The van der Waals surface area contributed by atoms with E-state index in [0.717, 1.165) is 10.6 Å².